The van der Waals surface area contributed by atoms with E-state index in [2.05, 4.69) is 15.9 Å². The van der Waals surface area contributed by atoms with Crippen LogP contribution < -0.4 is 9.47 Å². The van der Waals surface area contributed by atoms with Crippen molar-refractivity contribution >= 4 is 39.1 Å². The Morgan fingerprint density at radius 3 is 2.25 bits per heavy atom. The molecular weight excluding hydrogens is 363 g/mol. The Bertz CT molecular complexity index is 629. The van der Waals surface area contributed by atoms with Crippen molar-refractivity contribution in [2.24, 2.45) is 0 Å². The van der Waals surface area contributed by atoms with Gasteiger partial charge in [0, 0.05) is 9.50 Å². The number of rotatable bonds is 2. The molecule has 0 saturated heterocycles. The first-order valence-electron chi connectivity index (χ1n) is 6.14. The zero-order chi connectivity index (χ0) is 14.1. The lowest BCUT2D eigenvalue weighted by Crippen LogP contribution is -2.15. The van der Waals surface area contributed by atoms with E-state index in [1.54, 1.807) is 0 Å². The predicted molar refractivity (Wildman–Crippen MR) is 84.3 cm³/mol. The molecule has 2 aromatic carbocycles. The van der Waals surface area contributed by atoms with Crippen molar-refractivity contribution < 1.29 is 9.47 Å². The third-order valence-corrected chi connectivity index (χ3v) is 4.52. The lowest BCUT2D eigenvalue weighted by atomic mass is 10.0. The van der Waals surface area contributed by atoms with Crippen molar-refractivity contribution in [2.45, 2.75) is 5.38 Å². The molecule has 1 aliphatic rings. The third-order valence-electron chi connectivity index (χ3n) is 3.10. The van der Waals surface area contributed by atoms with Gasteiger partial charge in [0.25, 0.3) is 0 Å². The average molecular weight is 374 g/mol. The highest BCUT2D eigenvalue weighted by atomic mass is 79.9. The van der Waals surface area contributed by atoms with E-state index < -0.39 is 0 Å². The number of fused-ring (bicyclic) bond motifs is 1. The molecule has 0 aliphatic carbocycles. The van der Waals surface area contributed by atoms with Gasteiger partial charge in [0.15, 0.2) is 11.5 Å². The van der Waals surface area contributed by atoms with Crippen molar-refractivity contribution in [3.05, 3.63) is 57.0 Å². The largest absolute Gasteiger partial charge is 0.486 e. The van der Waals surface area contributed by atoms with Crippen LogP contribution in [0.1, 0.15) is 16.5 Å². The van der Waals surface area contributed by atoms with E-state index in [1.165, 1.54) is 0 Å². The molecule has 0 fully saturated rings. The molecule has 2 nitrogen and oxygen atoms in total. The van der Waals surface area contributed by atoms with Crippen LogP contribution in [0, 0.1) is 0 Å². The van der Waals surface area contributed by atoms with E-state index >= 15 is 0 Å². The first-order chi connectivity index (χ1) is 9.65. The average Bonchev–Trinajstić information content (AvgIpc) is 2.46. The molecule has 0 radical (unpaired) electrons. The Morgan fingerprint density at radius 2 is 1.60 bits per heavy atom. The van der Waals surface area contributed by atoms with Gasteiger partial charge in [-0.05, 0) is 35.4 Å². The second-order valence-electron chi connectivity index (χ2n) is 4.43. The molecule has 1 aliphatic heterocycles. The van der Waals surface area contributed by atoms with E-state index in [1.807, 2.05) is 36.4 Å². The number of hydrogen-bond donors (Lipinski definition) is 0. The van der Waals surface area contributed by atoms with Crippen LogP contribution in [0.15, 0.2) is 40.9 Å². The van der Waals surface area contributed by atoms with Gasteiger partial charge >= 0.3 is 0 Å². The minimum Gasteiger partial charge on any atom is -0.486 e. The van der Waals surface area contributed by atoms with Gasteiger partial charge in [0.05, 0.1) is 5.38 Å². The summed E-state index contributed by atoms with van der Waals surface area (Å²) in [7, 11) is 0. The summed E-state index contributed by atoms with van der Waals surface area (Å²) in [5.74, 6) is 1.47. The minimum atomic E-state index is -0.280. The molecule has 5 heteroatoms. The smallest absolute Gasteiger partial charge is 0.162 e. The molecule has 1 atom stereocenters. The van der Waals surface area contributed by atoms with Crippen molar-refractivity contribution in [1.29, 1.82) is 0 Å². The van der Waals surface area contributed by atoms with Gasteiger partial charge in [0.1, 0.15) is 13.2 Å². The molecule has 0 aromatic heterocycles. The van der Waals surface area contributed by atoms with Crippen molar-refractivity contribution in [2.75, 3.05) is 13.2 Å². The molecule has 1 heterocycles. The predicted octanol–water partition coefficient (Wildman–Crippen LogP) is 5.20. The number of ether oxygens (including phenoxy) is 2. The summed E-state index contributed by atoms with van der Waals surface area (Å²) < 4.78 is 12.0. The van der Waals surface area contributed by atoms with Crippen LogP contribution in [0.4, 0.5) is 0 Å². The van der Waals surface area contributed by atoms with Gasteiger partial charge in [-0.1, -0.05) is 39.7 Å². The first kappa shape index (κ1) is 14.1. The van der Waals surface area contributed by atoms with Crippen LogP contribution in [-0.2, 0) is 0 Å². The highest BCUT2D eigenvalue weighted by Crippen LogP contribution is 2.41. The number of benzene rings is 2. The zero-order valence-electron chi connectivity index (χ0n) is 10.4. The molecule has 0 N–H and O–H groups in total. The van der Waals surface area contributed by atoms with Crippen LogP contribution >= 0.6 is 39.1 Å². The first-order valence-corrected chi connectivity index (χ1v) is 7.74. The maximum atomic E-state index is 6.56. The van der Waals surface area contributed by atoms with Crippen LogP contribution in [0.5, 0.6) is 11.5 Å². The number of alkyl halides is 1. The van der Waals surface area contributed by atoms with Crippen LogP contribution in [0.3, 0.4) is 0 Å². The van der Waals surface area contributed by atoms with Crippen molar-refractivity contribution in [1.82, 2.24) is 0 Å². The summed E-state index contributed by atoms with van der Waals surface area (Å²) >= 11 is 16.0. The van der Waals surface area contributed by atoms with Gasteiger partial charge in [-0.3, -0.25) is 0 Å². The Labute approximate surface area is 135 Å². The highest BCUT2D eigenvalue weighted by molar-refractivity contribution is 9.10. The molecule has 0 amide bonds. The summed E-state index contributed by atoms with van der Waals surface area (Å²) in [6.45, 7) is 1.13. The van der Waals surface area contributed by atoms with Gasteiger partial charge < -0.3 is 9.47 Å². The van der Waals surface area contributed by atoms with E-state index in [9.17, 15) is 0 Å². The van der Waals surface area contributed by atoms with Gasteiger partial charge in [-0.25, -0.2) is 0 Å². The molecule has 3 rings (SSSR count). The maximum Gasteiger partial charge on any atom is 0.162 e. The lowest BCUT2D eigenvalue weighted by molar-refractivity contribution is 0.171. The fraction of sp³-hybridized carbons (Fsp3) is 0.200. The standard InChI is InChI=1S/C15H11BrCl2O2/c16-12-8-14-13(19-5-6-20-14)7-11(12)15(18)9-1-3-10(17)4-2-9/h1-4,7-8,15H,5-6H2. The molecule has 0 spiro atoms. The zero-order valence-corrected chi connectivity index (χ0v) is 13.5. The summed E-state index contributed by atoms with van der Waals surface area (Å²) in [6.07, 6.45) is 0. The van der Waals surface area contributed by atoms with E-state index in [0.717, 1.165) is 27.1 Å². The summed E-state index contributed by atoms with van der Waals surface area (Å²) in [5, 5.41) is 0.413. The number of halogens is 3. The Balaban J connectivity index is 1.98. The fourth-order valence-corrected chi connectivity index (χ4v) is 3.22. The Hall–Kier alpha value is -0.900. The van der Waals surface area contributed by atoms with E-state index in [-0.39, 0.29) is 5.38 Å². The molecule has 104 valence electrons. The normalized spacial score (nSPS) is 14.9. The lowest BCUT2D eigenvalue weighted by Gasteiger charge is -2.21. The molecule has 0 saturated carbocycles. The van der Waals surface area contributed by atoms with E-state index in [0.29, 0.717) is 18.2 Å². The summed E-state index contributed by atoms with van der Waals surface area (Å²) in [4.78, 5) is 0. The van der Waals surface area contributed by atoms with Gasteiger partial charge in [0.2, 0.25) is 0 Å². The van der Waals surface area contributed by atoms with Crippen LogP contribution in [0.25, 0.3) is 0 Å². The van der Waals surface area contributed by atoms with Gasteiger partial charge in [-0.2, -0.15) is 0 Å². The van der Waals surface area contributed by atoms with E-state index in [4.69, 9.17) is 32.7 Å². The minimum absolute atomic E-state index is 0.280. The van der Waals surface area contributed by atoms with Crippen molar-refractivity contribution in [3.8, 4) is 11.5 Å². The molecule has 2 aromatic rings. The van der Waals surface area contributed by atoms with Gasteiger partial charge in [-0.15, -0.1) is 11.6 Å². The third kappa shape index (κ3) is 2.76. The fourth-order valence-electron chi connectivity index (χ4n) is 2.09. The summed E-state index contributed by atoms with van der Waals surface area (Å²) in [6, 6.07) is 11.3. The molecular formula is C15H11BrCl2O2. The molecule has 20 heavy (non-hydrogen) atoms. The SMILES string of the molecule is Clc1ccc(C(Cl)c2cc3c(cc2Br)OCCO3)cc1. The molecule has 0 bridgehead atoms. The Kier molecular flexibility index (Phi) is 4.11. The second-order valence-corrected chi connectivity index (χ2v) is 6.16. The van der Waals surface area contributed by atoms with Crippen LogP contribution in [-0.4, -0.2) is 13.2 Å². The molecule has 1 unspecified atom stereocenters. The monoisotopic (exact) mass is 372 g/mol. The topological polar surface area (TPSA) is 18.5 Å². The van der Waals surface area contributed by atoms with Crippen LogP contribution in [0.2, 0.25) is 5.02 Å². The van der Waals surface area contributed by atoms with Crippen molar-refractivity contribution in [3.63, 3.8) is 0 Å². The second kappa shape index (κ2) is 5.84. The summed E-state index contributed by atoms with van der Waals surface area (Å²) in [5.41, 5.74) is 1.92. The number of hydrogen-bond acceptors (Lipinski definition) is 2. The quantitative estimate of drug-likeness (QED) is 0.673. The Morgan fingerprint density at radius 1 is 1.00 bits per heavy atom. The maximum absolute atomic E-state index is 6.56. The highest BCUT2D eigenvalue weighted by Gasteiger charge is 2.20.